The number of nitrogens with two attached hydrogens (primary N) is 1. The van der Waals surface area contributed by atoms with Crippen molar-refractivity contribution in [3.05, 3.63) is 29.6 Å². The molecule has 1 saturated carbocycles. The number of rotatable bonds is 12. The Morgan fingerprint density at radius 3 is 2.62 bits per heavy atom. The van der Waals surface area contributed by atoms with E-state index >= 15 is 0 Å². The molecule has 6 nitrogen and oxygen atoms in total. The van der Waals surface area contributed by atoms with E-state index in [0.717, 1.165) is 6.04 Å². The maximum absolute atomic E-state index is 14.2. The van der Waals surface area contributed by atoms with Gasteiger partial charge in [-0.3, -0.25) is 4.79 Å². The molecule has 1 aromatic heterocycles. The molecule has 222 valence electrons. The monoisotopic (exact) mass is 598 g/mol. The molecule has 2 unspecified atom stereocenters. The Labute approximate surface area is 233 Å². The zero-order valence-electron chi connectivity index (χ0n) is 22.9. The fourth-order valence-electron chi connectivity index (χ4n) is 4.71. The van der Waals surface area contributed by atoms with E-state index in [2.05, 4.69) is 29.9 Å². The molecule has 39 heavy (non-hydrogen) atoms. The van der Waals surface area contributed by atoms with Crippen molar-refractivity contribution in [1.82, 2.24) is 14.9 Å². The lowest BCUT2D eigenvalue weighted by molar-refractivity contribution is -0.129. The molecule has 1 amide bonds. The summed E-state index contributed by atoms with van der Waals surface area (Å²) in [6, 6.07) is 4.63. The number of carbonyl (C=O) groups is 1. The Balaban J connectivity index is 0.00000533. The summed E-state index contributed by atoms with van der Waals surface area (Å²) in [7, 11) is -1.33. The van der Waals surface area contributed by atoms with Crippen LogP contribution in [0.2, 0.25) is 25.7 Å². The molecule has 0 aliphatic heterocycles. The topological polar surface area (TPSA) is 82.2 Å². The first-order valence-corrected chi connectivity index (χ1v) is 16.8. The number of carbonyl (C=O) groups excluding carboxylic acids is 1. The zero-order chi connectivity index (χ0) is 28.3. The van der Waals surface area contributed by atoms with Crippen LogP contribution >= 0.6 is 12.4 Å². The minimum absolute atomic E-state index is 0. The van der Waals surface area contributed by atoms with Crippen LogP contribution in [0.15, 0.2) is 18.2 Å². The van der Waals surface area contributed by atoms with Gasteiger partial charge in [-0.2, -0.15) is 0 Å². The highest BCUT2D eigenvalue weighted by Crippen LogP contribution is 2.41. The standard InChI is InChI=1S/C26H39F5N4O2Si.ClH/c1-16(33-25(36)22(29)19(28)14-27)17-7-8-21-20(12-17)34-24(35(21)15-37-10-11-38(2,3)4)23(32)18-6-5-9-26(30,31)13-18;/h7-8,12,16,18-19,22-23H,5-6,9-11,13-15,32H2,1-4H3,(H,33,36);1H/t16-,18-,19?,22?,23+;/m1./s1. The van der Waals surface area contributed by atoms with Gasteiger partial charge < -0.3 is 20.4 Å². The van der Waals surface area contributed by atoms with E-state index < -0.39 is 56.9 Å². The van der Waals surface area contributed by atoms with E-state index in [1.165, 1.54) is 0 Å². The van der Waals surface area contributed by atoms with E-state index in [4.69, 9.17) is 10.5 Å². The number of alkyl halides is 5. The summed E-state index contributed by atoms with van der Waals surface area (Å²) in [5, 5.41) is 2.35. The van der Waals surface area contributed by atoms with E-state index in [-0.39, 0.29) is 32.0 Å². The van der Waals surface area contributed by atoms with Crippen molar-refractivity contribution < 1.29 is 31.5 Å². The van der Waals surface area contributed by atoms with Crippen LogP contribution in [0.25, 0.3) is 11.0 Å². The number of nitrogens with one attached hydrogen (secondary N) is 1. The number of imidazole rings is 1. The van der Waals surface area contributed by atoms with Gasteiger partial charge >= 0.3 is 0 Å². The summed E-state index contributed by atoms with van der Waals surface area (Å²) in [6.07, 6.45) is -4.63. The highest BCUT2D eigenvalue weighted by atomic mass is 35.5. The molecule has 3 N–H and O–H groups in total. The van der Waals surface area contributed by atoms with Gasteiger partial charge in [-0.15, -0.1) is 12.4 Å². The van der Waals surface area contributed by atoms with Gasteiger partial charge in [0.15, 0.2) is 6.17 Å². The molecule has 1 heterocycles. The van der Waals surface area contributed by atoms with E-state index in [9.17, 15) is 26.7 Å². The minimum atomic E-state index is -2.76. The van der Waals surface area contributed by atoms with Crippen molar-refractivity contribution in [2.24, 2.45) is 11.7 Å². The van der Waals surface area contributed by atoms with Gasteiger partial charge in [0.25, 0.3) is 5.91 Å². The van der Waals surface area contributed by atoms with Gasteiger partial charge in [-0.25, -0.2) is 26.9 Å². The Kier molecular flexibility index (Phi) is 11.8. The highest BCUT2D eigenvalue weighted by Gasteiger charge is 2.40. The molecule has 5 atom stereocenters. The molecule has 3 rings (SSSR count). The molecule has 1 fully saturated rings. The number of fused-ring (bicyclic) bond motifs is 1. The molecule has 1 aromatic carbocycles. The van der Waals surface area contributed by atoms with Crippen molar-refractivity contribution in [2.45, 2.75) is 95.4 Å². The molecule has 0 saturated heterocycles. The number of aromatic nitrogens is 2. The predicted molar refractivity (Wildman–Crippen MR) is 147 cm³/mol. The van der Waals surface area contributed by atoms with Gasteiger partial charge in [0.05, 0.1) is 23.1 Å². The van der Waals surface area contributed by atoms with E-state index in [1.54, 1.807) is 29.7 Å². The van der Waals surface area contributed by atoms with Crippen LogP contribution < -0.4 is 11.1 Å². The van der Waals surface area contributed by atoms with Crippen LogP contribution in [0.5, 0.6) is 0 Å². The van der Waals surface area contributed by atoms with Crippen molar-refractivity contribution >= 4 is 37.4 Å². The maximum Gasteiger partial charge on any atom is 0.258 e. The van der Waals surface area contributed by atoms with Crippen LogP contribution in [0.3, 0.4) is 0 Å². The van der Waals surface area contributed by atoms with Crippen molar-refractivity contribution in [3.8, 4) is 0 Å². The predicted octanol–water partition coefficient (Wildman–Crippen LogP) is 6.42. The van der Waals surface area contributed by atoms with Crippen LogP contribution in [0.1, 0.15) is 56.1 Å². The number of amides is 1. The molecule has 0 bridgehead atoms. The summed E-state index contributed by atoms with van der Waals surface area (Å²) < 4.78 is 75.6. The Hall–Kier alpha value is -1.76. The smallest absolute Gasteiger partial charge is 0.258 e. The molecular formula is C26H40ClF5N4O2Si. The van der Waals surface area contributed by atoms with E-state index in [0.29, 0.717) is 41.9 Å². The number of nitrogens with zero attached hydrogens (tertiary/aromatic N) is 2. The summed E-state index contributed by atoms with van der Waals surface area (Å²) in [4.78, 5) is 16.7. The molecule has 0 radical (unpaired) electrons. The number of benzene rings is 1. The maximum atomic E-state index is 14.2. The molecule has 2 aromatic rings. The highest BCUT2D eigenvalue weighted by molar-refractivity contribution is 6.76. The van der Waals surface area contributed by atoms with Gasteiger partial charge in [0.1, 0.15) is 19.2 Å². The second-order valence-corrected chi connectivity index (χ2v) is 17.2. The summed E-state index contributed by atoms with van der Waals surface area (Å²) in [5.74, 6) is -4.01. The third-order valence-electron chi connectivity index (χ3n) is 7.08. The second-order valence-electron chi connectivity index (χ2n) is 11.5. The lowest BCUT2D eigenvalue weighted by Gasteiger charge is -2.32. The quantitative estimate of drug-likeness (QED) is 0.168. The van der Waals surface area contributed by atoms with Gasteiger partial charge in [0.2, 0.25) is 12.1 Å². The first kappa shape index (κ1) is 33.4. The second kappa shape index (κ2) is 13.7. The van der Waals surface area contributed by atoms with Crippen LogP contribution in [0, 0.1) is 5.92 Å². The summed E-state index contributed by atoms with van der Waals surface area (Å²) >= 11 is 0. The fourth-order valence-corrected chi connectivity index (χ4v) is 5.46. The van der Waals surface area contributed by atoms with Gasteiger partial charge in [0, 0.05) is 27.5 Å². The first-order chi connectivity index (χ1) is 17.7. The average Bonchev–Trinajstić information content (AvgIpc) is 3.21. The normalized spacial score (nSPS) is 20.6. The lowest BCUT2D eigenvalue weighted by Crippen LogP contribution is -2.39. The van der Waals surface area contributed by atoms with Crippen LogP contribution in [0.4, 0.5) is 22.0 Å². The number of ether oxygens (including phenoxy) is 1. The number of hydrogen-bond donors (Lipinski definition) is 2. The third kappa shape index (κ3) is 8.86. The van der Waals surface area contributed by atoms with Gasteiger partial charge in [-0.05, 0) is 49.4 Å². The molecular weight excluding hydrogens is 559 g/mol. The molecule has 13 heteroatoms. The van der Waals surface area contributed by atoms with Crippen molar-refractivity contribution in [1.29, 1.82) is 0 Å². The molecule has 1 aliphatic rings. The number of halogens is 6. The summed E-state index contributed by atoms with van der Waals surface area (Å²) in [6.45, 7) is 7.42. The molecule has 0 spiro atoms. The summed E-state index contributed by atoms with van der Waals surface area (Å²) in [5.41, 5.74) is 8.28. The van der Waals surface area contributed by atoms with Crippen LogP contribution in [-0.2, 0) is 16.3 Å². The largest absolute Gasteiger partial charge is 0.361 e. The zero-order valence-corrected chi connectivity index (χ0v) is 24.7. The lowest BCUT2D eigenvalue weighted by atomic mass is 9.82. The average molecular weight is 599 g/mol. The Morgan fingerprint density at radius 2 is 2.00 bits per heavy atom. The van der Waals surface area contributed by atoms with E-state index in [1.807, 2.05) is 0 Å². The minimum Gasteiger partial charge on any atom is -0.361 e. The van der Waals surface area contributed by atoms with Crippen LogP contribution in [-0.4, -0.2) is 55.1 Å². The number of hydrogen-bond acceptors (Lipinski definition) is 4. The van der Waals surface area contributed by atoms with Gasteiger partial charge in [-0.1, -0.05) is 25.7 Å². The fraction of sp³-hybridized carbons (Fsp3) is 0.692. The molecule has 1 aliphatic carbocycles. The SMILES string of the molecule is C[C@@H](NC(=O)C(F)C(F)CF)c1ccc2c(c1)nc([C@@H](N)[C@@H]1CCCC(F)(F)C1)n2COCC[Si](C)(C)C.Cl. The van der Waals surface area contributed by atoms with Crippen molar-refractivity contribution in [2.75, 3.05) is 13.3 Å². The Morgan fingerprint density at radius 1 is 1.31 bits per heavy atom. The first-order valence-electron chi connectivity index (χ1n) is 13.1. The third-order valence-corrected chi connectivity index (χ3v) is 8.78. The Bertz CT molecular complexity index is 1100. The van der Waals surface area contributed by atoms with Crippen molar-refractivity contribution in [3.63, 3.8) is 0 Å².